The molecule has 0 saturated carbocycles. The highest BCUT2D eigenvalue weighted by Crippen LogP contribution is 2.30. The number of nitrogens with zero attached hydrogens (tertiary/aromatic N) is 2. The van der Waals surface area contributed by atoms with Crippen LogP contribution in [0.15, 0.2) is 60.8 Å². The van der Waals surface area contributed by atoms with E-state index in [1.807, 2.05) is 6.07 Å². The second-order valence-electron chi connectivity index (χ2n) is 4.31. The lowest BCUT2D eigenvalue weighted by Gasteiger charge is -2.03. The summed E-state index contributed by atoms with van der Waals surface area (Å²) in [5, 5.41) is 9.62. The molecule has 0 bridgehead atoms. The zero-order valence-corrected chi connectivity index (χ0v) is 9.67. The Morgan fingerprint density at radius 3 is 1.94 bits per heavy atom. The third-order valence-corrected chi connectivity index (χ3v) is 3.31. The summed E-state index contributed by atoms with van der Waals surface area (Å²) in [5.74, 6) is 0.993. The molecule has 3 nitrogen and oxygen atoms in total. The number of rotatable bonds is 1. The maximum Gasteiger partial charge on any atom is 0.133 e. The van der Waals surface area contributed by atoms with Crippen LogP contribution in [-0.4, -0.2) is 14.8 Å². The molecule has 1 N–H and O–H groups in total. The third kappa shape index (κ3) is 1.16. The molecule has 2 aromatic heterocycles. The van der Waals surface area contributed by atoms with Crippen LogP contribution < -0.4 is 0 Å². The van der Waals surface area contributed by atoms with Crippen molar-refractivity contribution in [1.29, 1.82) is 0 Å². The molecular formula is C15H11N3. The van der Waals surface area contributed by atoms with Crippen LogP contribution in [0.2, 0.25) is 0 Å². The number of aromatic nitrogens is 3. The first kappa shape index (κ1) is 9.48. The van der Waals surface area contributed by atoms with Gasteiger partial charge in [0.05, 0.1) is 17.2 Å². The number of para-hydroxylation sites is 2. The summed E-state index contributed by atoms with van der Waals surface area (Å²) < 4.78 is 2.21. The quantitative estimate of drug-likeness (QED) is 0.536. The first-order valence-corrected chi connectivity index (χ1v) is 5.93. The molecule has 0 amide bonds. The lowest BCUT2D eigenvalue weighted by molar-refractivity contribution is 1.01. The van der Waals surface area contributed by atoms with Crippen LogP contribution in [0, 0.1) is 0 Å². The van der Waals surface area contributed by atoms with Crippen LogP contribution in [0.25, 0.3) is 27.6 Å². The van der Waals surface area contributed by atoms with Crippen LogP contribution in [0.1, 0.15) is 0 Å². The van der Waals surface area contributed by atoms with E-state index in [0.29, 0.717) is 0 Å². The van der Waals surface area contributed by atoms with E-state index in [1.165, 1.54) is 21.8 Å². The summed E-state index contributed by atoms with van der Waals surface area (Å²) in [4.78, 5) is 0. The fourth-order valence-corrected chi connectivity index (χ4v) is 2.56. The molecule has 2 aromatic carbocycles. The zero-order valence-electron chi connectivity index (χ0n) is 9.67. The number of hydrogen-bond acceptors (Lipinski definition) is 1. The molecule has 4 aromatic rings. The molecule has 2 heterocycles. The number of fused-ring (bicyclic) bond motifs is 3. The lowest BCUT2D eigenvalue weighted by atomic mass is 10.2. The van der Waals surface area contributed by atoms with Gasteiger partial charge in [0, 0.05) is 16.8 Å². The van der Waals surface area contributed by atoms with Gasteiger partial charge >= 0.3 is 0 Å². The first-order chi connectivity index (χ1) is 8.95. The molecule has 0 radical (unpaired) electrons. The van der Waals surface area contributed by atoms with Crippen molar-refractivity contribution in [1.82, 2.24) is 14.8 Å². The number of hydrogen-bond donors (Lipinski definition) is 1. The van der Waals surface area contributed by atoms with E-state index in [1.54, 1.807) is 6.20 Å². The van der Waals surface area contributed by atoms with Gasteiger partial charge in [-0.25, -0.2) is 0 Å². The largest absolute Gasteiger partial charge is 0.294 e. The molecule has 18 heavy (non-hydrogen) atoms. The minimum Gasteiger partial charge on any atom is -0.294 e. The van der Waals surface area contributed by atoms with Crippen molar-refractivity contribution >= 4 is 21.8 Å². The van der Waals surface area contributed by atoms with Gasteiger partial charge < -0.3 is 0 Å². The van der Waals surface area contributed by atoms with E-state index in [0.717, 1.165) is 5.82 Å². The van der Waals surface area contributed by atoms with Crippen LogP contribution in [0.3, 0.4) is 0 Å². The summed E-state index contributed by atoms with van der Waals surface area (Å²) in [5.41, 5.74) is 2.39. The fraction of sp³-hybridized carbons (Fsp3) is 0. The number of H-pyrrole nitrogens is 1. The van der Waals surface area contributed by atoms with Gasteiger partial charge in [-0.15, -0.1) is 0 Å². The Bertz CT molecular complexity index is 772. The minimum atomic E-state index is 0.993. The molecule has 0 fully saturated rings. The van der Waals surface area contributed by atoms with Crippen molar-refractivity contribution < 1.29 is 0 Å². The Labute approximate surface area is 104 Å². The van der Waals surface area contributed by atoms with E-state index in [-0.39, 0.29) is 0 Å². The normalized spacial score (nSPS) is 11.3. The molecule has 86 valence electrons. The Hall–Kier alpha value is -2.55. The average molecular weight is 233 g/mol. The Balaban J connectivity index is 2.28. The third-order valence-electron chi connectivity index (χ3n) is 3.31. The van der Waals surface area contributed by atoms with Gasteiger partial charge in [0.25, 0.3) is 0 Å². The van der Waals surface area contributed by atoms with Crippen LogP contribution in [0.5, 0.6) is 0 Å². The van der Waals surface area contributed by atoms with Crippen LogP contribution in [0.4, 0.5) is 0 Å². The Morgan fingerprint density at radius 1 is 0.778 bits per heavy atom. The predicted octanol–water partition coefficient (Wildman–Crippen LogP) is 3.51. The second kappa shape index (κ2) is 3.47. The molecule has 0 aliphatic rings. The summed E-state index contributed by atoms with van der Waals surface area (Å²) in [6, 6.07) is 18.8. The van der Waals surface area contributed by atoms with Crippen molar-refractivity contribution in [3.05, 3.63) is 60.8 Å². The molecule has 0 unspecified atom stereocenters. The maximum atomic E-state index is 4.05. The van der Waals surface area contributed by atoms with Crippen molar-refractivity contribution in [3.8, 4) is 5.82 Å². The van der Waals surface area contributed by atoms with Crippen molar-refractivity contribution in [3.63, 3.8) is 0 Å². The topological polar surface area (TPSA) is 33.6 Å². The number of benzene rings is 2. The van der Waals surface area contributed by atoms with Crippen molar-refractivity contribution in [2.24, 2.45) is 0 Å². The molecule has 4 rings (SSSR count). The van der Waals surface area contributed by atoms with Gasteiger partial charge in [-0.05, 0) is 12.1 Å². The van der Waals surface area contributed by atoms with E-state index in [9.17, 15) is 0 Å². The standard InChI is InChI=1S/C15H11N3/c1-3-7-13-11(5-1)12-6-2-4-8-14(12)18(13)15-9-10-16-17-15/h1-10H,(H,16,17). The van der Waals surface area contributed by atoms with E-state index in [2.05, 4.69) is 63.3 Å². The number of nitrogens with one attached hydrogen (secondary N) is 1. The van der Waals surface area contributed by atoms with E-state index < -0.39 is 0 Å². The smallest absolute Gasteiger partial charge is 0.133 e. The van der Waals surface area contributed by atoms with Crippen molar-refractivity contribution in [2.75, 3.05) is 0 Å². The summed E-state index contributed by atoms with van der Waals surface area (Å²) >= 11 is 0. The highest BCUT2D eigenvalue weighted by Gasteiger charge is 2.11. The van der Waals surface area contributed by atoms with Crippen molar-refractivity contribution in [2.45, 2.75) is 0 Å². The Kier molecular flexibility index (Phi) is 1.83. The number of aromatic amines is 1. The van der Waals surface area contributed by atoms with E-state index >= 15 is 0 Å². The van der Waals surface area contributed by atoms with Crippen LogP contribution in [-0.2, 0) is 0 Å². The first-order valence-electron chi connectivity index (χ1n) is 5.93. The molecule has 3 heteroatoms. The lowest BCUT2D eigenvalue weighted by Crippen LogP contribution is -1.93. The summed E-state index contributed by atoms with van der Waals surface area (Å²) in [6.45, 7) is 0. The monoisotopic (exact) mass is 233 g/mol. The van der Waals surface area contributed by atoms with Gasteiger partial charge in [0.2, 0.25) is 0 Å². The summed E-state index contributed by atoms with van der Waals surface area (Å²) in [6.07, 6.45) is 1.78. The predicted molar refractivity (Wildman–Crippen MR) is 72.9 cm³/mol. The van der Waals surface area contributed by atoms with E-state index in [4.69, 9.17) is 0 Å². The molecular weight excluding hydrogens is 222 g/mol. The summed E-state index contributed by atoms with van der Waals surface area (Å²) in [7, 11) is 0. The van der Waals surface area contributed by atoms with Gasteiger partial charge in [-0.3, -0.25) is 9.67 Å². The molecule has 0 aliphatic heterocycles. The highest BCUT2D eigenvalue weighted by atomic mass is 15.2. The molecule has 0 spiro atoms. The van der Waals surface area contributed by atoms with Gasteiger partial charge in [0.15, 0.2) is 0 Å². The maximum absolute atomic E-state index is 4.05. The van der Waals surface area contributed by atoms with Gasteiger partial charge in [-0.1, -0.05) is 36.4 Å². The van der Waals surface area contributed by atoms with Crippen LogP contribution >= 0.6 is 0 Å². The second-order valence-corrected chi connectivity index (χ2v) is 4.31. The zero-order chi connectivity index (χ0) is 11.9. The Morgan fingerprint density at radius 2 is 1.39 bits per heavy atom. The average Bonchev–Trinajstić information content (AvgIpc) is 3.03. The fourth-order valence-electron chi connectivity index (χ4n) is 2.56. The van der Waals surface area contributed by atoms with Gasteiger partial charge in [0.1, 0.15) is 5.82 Å². The highest BCUT2D eigenvalue weighted by molar-refractivity contribution is 6.08. The molecule has 0 aliphatic carbocycles. The molecule has 0 atom stereocenters. The van der Waals surface area contributed by atoms with Gasteiger partial charge in [-0.2, -0.15) is 5.10 Å². The minimum absolute atomic E-state index is 0.993. The SMILES string of the molecule is c1ccc2c(c1)c1ccccc1n2-c1ccn[nH]1. The molecule has 0 saturated heterocycles.